The molecule has 0 aliphatic carbocycles. The van der Waals surface area contributed by atoms with E-state index in [-0.39, 0.29) is 5.69 Å². The Labute approximate surface area is 139 Å². The molecule has 0 unspecified atom stereocenters. The summed E-state index contributed by atoms with van der Waals surface area (Å²) >= 11 is 5.43. The molecule has 128 valence electrons. The number of pyridine rings is 1. The molecular formula is C13H9ClF3N3O3S. The van der Waals surface area contributed by atoms with Crippen molar-refractivity contribution >= 4 is 27.5 Å². The van der Waals surface area contributed by atoms with Gasteiger partial charge in [0.1, 0.15) is 5.69 Å². The van der Waals surface area contributed by atoms with Gasteiger partial charge in [-0.2, -0.15) is 13.2 Å². The number of aromatic nitrogens is 1. The molecule has 1 heterocycles. The van der Waals surface area contributed by atoms with E-state index in [1.807, 2.05) is 5.43 Å². The number of alkyl halides is 3. The average Bonchev–Trinajstić information content (AvgIpc) is 2.52. The van der Waals surface area contributed by atoms with Crippen LogP contribution in [0.4, 0.5) is 13.2 Å². The highest BCUT2D eigenvalue weighted by Gasteiger charge is 2.34. The largest absolute Gasteiger partial charge is 0.417 e. The number of amides is 1. The van der Waals surface area contributed by atoms with Crippen LogP contribution in [0, 0.1) is 0 Å². The van der Waals surface area contributed by atoms with Crippen molar-refractivity contribution in [3.05, 3.63) is 58.9 Å². The van der Waals surface area contributed by atoms with Crippen LogP contribution in [0.1, 0.15) is 16.1 Å². The minimum absolute atomic E-state index is 0.0766. The Morgan fingerprint density at radius 1 is 1.17 bits per heavy atom. The number of hydrogen-bond donors (Lipinski definition) is 2. The Kier molecular flexibility index (Phi) is 5.11. The van der Waals surface area contributed by atoms with Crippen molar-refractivity contribution in [1.82, 2.24) is 15.2 Å². The van der Waals surface area contributed by atoms with Crippen molar-refractivity contribution < 1.29 is 26.4 Å². The lowest BCUT2D eigenvalue weighted by atomic mass is 10.2. The van der Waals surface area contributed by atoms with Crippen molar-refractivity contribution in [2.24, 2.45) is 0 Å². The second-order valence-electron chi connectivity index (χ2n) is 4.41. The standard InChI is InChI=1S/C13H9ClF3N3O3S/c14-10-5-4-8(7-9(10)13(15,16)17)24(22,23)20-19-12(21)11-3-1-2-6-18-11/h1-7,20H,(H,19,21). The normalized spacial score (nSPS) is 12.0. The van der Waals surface area contributed by atoms with E-state index >= 15 is 0 Å². The SMILES string of the molecule is O=C(NNS(=O)(=O)c1ccc(Cl)c(C(F)(F)F)c1)c1ccccn1. The number of sulfonamides is 1. The fraction of sp³-hybridized carbons (Fsp3) is 0.0769. The Morgan fingerprint density at radius 2 is 1.88 bits per heavy atom. The molecule has 0 radical (unpaired) electrons. The van der Waals surface area contributed by atoms with E-state index in [0.717, 1.165) is 12.1 Å². The fourth-order valence-electron chi connectivity index (χ4n) is 1.62. The zero-order chi connectivity index (χ0) is 18.0. The van der Waals surface area contributed by atoms with Gasteiger partial charge >= 0.3 is 6.18 Å². The molecule has 2 aromatic rings. The Bertz CT molecular complexity index is 858. The van der Waals surface area contributed by atoms with Gasteiger partial charge in [0.05, 0.1) is 15.5 Å². The van der Waals surface area contributed by atoms with Crippen molar-refractivity contribution in [1.29, 1.82) is 0 Å². The second-order valence-corrected chi connectivity index (χ2v) is 6.50. The van der Waals surface area contributed by atoms with Crippen LogP contribution in [0.2, 0.25) is 5.02 Å². The number of carbonyl (C=O) groups is 1. The minimum atomic E-state index is -4.82. The topological polar surface area (TPSA) is 88.2 Å². The van der Waals surface area contributed by atoms with E-state index in [9.17, 15) is 26.4 Å². The molecule has 6 nitrogen and oxygen atoms in total. The van der Waals surface area contributed by atoms with E-state index in [1.165, 1.54) is 18.3 Å². The van der Waals surface area contributed by atoms with Crippen molar-refractivity contribution in [3.63, 3.8) is 0 Å². The summed E-state index contributed by atoms with van der Waals surface area (Å²) in [5.41, 5.74) is 0.478. The van der Waals surface area contributed by atoms with Gasteiger partial charge in [0.2, 0.25) is 0 Å². The second kappa shape index (κ2) is 6.75. The lowest BCUT2D eigenvalue weighted by molar-refractivity contribution is -0.137. The fourth-order valence-corrected chi connectivity index (χ4v) is 2.71. The first-order valence-electron chi connectivity index (χ1n) is 6.21. The summed E-state index contributed by atoms with van der Waals surface area (Å²) in [6.07, 6.45) is -3.50. The van der Waals surface area contributed by atoms with Crippen LogP contribution in [0.3, 0.4) is 0 Å². The molecule has 0 aliphatic heterocycles. The van der Waals surface area contributed by atoms with Gasteiger partial charge in [-0.25, -0.2) is 8.42 Å². The summed E-state index contributed by atoms with van der Waals surface area (Å²) in [4.78, 5) is 16.4. The van der Waals surface area contributed by atoms with Gasteiger partial charge in [0.15, 0.2) is 0 Å². The quantitative estimate of drug-likeness (QED) is 0.798. The number of carbonyl (C=O) groups excluding carboxylic acids is 1. The smallest absolute Gasteiger partial charge is 0.272 e. The van der Waals surface area contributed by atoms with Gasteiger partial charge in [0.25, 0.3) is 15.9 Å². The van der Waals surface area contributed by atoms with Gasteiger partial charge < -0.3 is 0 Å². The number of rotatable bonds is 4. The third kappa shape index (κ3) is 4.22. The number of hydrazine groups is 1. The molecule has 24 heavy (non-hydrogen) atoms. The van der Waals surface area contributed by atoms with Crippen LogP contribution in [0.25, 0.3) is 0 Å². The zero-order valence-corrected chi connectivity index (χ0v) is 13.2. The lowest BCUT2D eigenvalue weighted by Gasteiger charge is -2.12. The summed E-state index contributed by atoms with van der Waals surface area (Å²) in [6, 6.07) is 6.44. The van der Waals surface area contributed by atoms with Gasteiger partial charge in [-0.3, -0.25) is 15.2 Å². The maximum Gasteiger partial charge on any atom is 0.417 e. The molecule has 0 aliphatic rings. The van der Waals surface area contributed by atoms with Crippen LogP contribution in [-0.4, -0.2) is 19.3 Å². The van der Waals surface area contributed by atoms with E-state index in [2.05, 4.69) is 4.98 Å². The summed E-state index contributed by atoms with van der Waals surface area (Å²) in [5.74, 6) is -0.871. The van der Waals surface area contributed by atoms with Gasteiger partial charge in [-0.1, -0.05) is 17.7 Å². The molecule has 2 rings (SSSR count). The predicted octanol–water partition coefficient (Wildman–Crippen LogP) is 2.38. The summed E-state index contributed by atoms with van der Waals surface area (Å²) in [7, 11) is -4.43. The van der Waals surface area contributed by atoms with Crippen LogP contribution < -0.4 is 10.3 Å². The number of hydrogen-bond acceptors (Lipinski definition) is 4. The Balaban J connectivity index is 2.21. The maximum atomic E-state index is 12.8. The summed E-state index contributed by atoms with van der Waals surface area (Å²) in [5, 5.41) is -0.640. The molecule has 2 N–H and O–H groups in total. The molecule has 0 fully saturated rings. The first-order valence-corrected chi connectivity index (χ1v) is 8.07. The monoisotopic (exact) mass is 379 g/mol. The molecule has 1 aromatic heterocycles. The molecule has 1 amide bonds. The van der Waals surface area contributed by atoms with Crippen LogP contribution in [0.5, 0.6) is 0 Å². The highest BCUT2D eigenvalue weighted by atomic mass is 35.5. The maximum absolute atomic E-state index is 12.8. The number of nitrogens with one attached hydrogen (secondary N) is 2. The molecule has 0 spiro atoms. The van der Waals surface area contributed by atoms with Gasteiger partial charge in [-0.15, -0.1) is 4.83 Å². The lowest BCUT2D eigenvalue weighted by Crippen LogP contribution is -2.41. The highest BCUT2D eigenvalue weighted by molar-refractivity contribution is 7.89. The molecule has 1 aromatic carbocycles. The van der Waals surface area contributed by atoms with E-state index in [0.29, 0.717) is 6.07 Å². The van der Waals surface area contributed by atoms with Crippen LogP contribution in [0.15, 0.2) is 47.5 Å². The van der Waals surface area contributed by atoms with E-state index in [4.69, 9.17) is 11.6 Å². The third-order valence-electron chi connectivity index (χ3n) is 2.75. The Morgan fingerprint density at radius 3 is 2.46 bits per heavy atom. The molecule has 0 saturated carbocycles. The number of nitrogens with zero attached hydrogens (tertiary/aromatic N) is 1. The third-order valence-corrected chi connectivity index (χ3v) is 4.32. The Hall–Kier alpha value is -2.17. The molecule has 0 bridgehead atoms. The van der Waals surface area contributed by atoms with E-state index < -0.39 is 37.6 Å². The van der Waals surface area contributed by atoms with E-state index in [1.54, 1.807) is 10.9 Å². The molecule has 11 heteroatoms. The number of halogens is 4. The summed E-state index contributed by atoms with van der Waals surface area (Å²) < 4.78 is 62.3. The average molecular weight is 380 g/mol. The molecule has 0 atom stereocenters. The van der Waals surface area contributed by atoms with Gasteiger partial charge in [0, 0.05) is 6.20 Å². The predicted molar refractivity (Wildman–Crippen MR) is 78.5 cm³/mol. The first kappa shape index (κ1) is 18.2. The minimum Gasteiger partial charge on any atom is -0.272 e. The van der Waals surface area contributed by atoms with Crippen molar-refractivity contribution in [2.75, 3.05) is 0 Å². The van der Waals surface area contributed by atoms with Crippen molar-refractivity contribution in [2.45, 2.75) is 11.1 Å². The molecule has 0 saturated heterocycles. The van der Waals surface area contributed by atoms with Gasteiger partial charge in [-0.05, 0) is 30.3 Å². The summed E-state index contributed by atoms with van der Waals surface area (Å²) in [6.45, 7) is 0. The highest BCUT2D eigenvalue weighted by Crippen LogP contribution is 2.35. The number of benzene rings is 1. The zero-order valence-electron chi connectivity index (χ0n) is 11.6. The molecular weight excluding hydrogens is 371 g/mol. The van der Waals surface area contributed by atoms with Crippen LogP contribution >= 0.6 is 11.6 Å². The van der Waals surface area contributed by atoms with Crippen LogP contribution in [-0.2, 0) is 16.2 Å². The van der Waals surface area contributed by atoms with Crippen molar-refractivity contribution in [3.8, 4) is 0 Å². The first-order chi connectivity index (χ1) is 11.1.